The third-order valence-electron chi connectivity index (χ3n) is 2.99. The fourth-order valence-electron chi connectivity index (χ4n) is 1.84. The van der Waals surface area contributed by atoms with Crippen molar-refractivity contribution in [2.75, 3.05) is 19.0 Å². The molecule has 0 unspecified atom stereocenters. The van der Waals surface area contributed by atoms with Crippen molar-refractivity contribution >= 4 is 11.4 Å². The Bertz CT molecular complexity index is 561. The second-order valence-corrected chi connectivity index (χ2v) is 4.66. The Kier molecular flexibility index (Phi) is 4.24. The van der Waals surface area contributed by atoms with Crippen molar-refractivity contribution in [1.29, 1.82) is 0 Å². The van der Waals surface area contributed by atoms with Gasteiger partial charge in [0, 0.05) is 24.7 Å². The van der Waals surface area contributed by atoms with Gasteiger partial charge in [-0.15, -0.1) is 0 Å². The van der Waals surface area contributed by atoms with Gasteiger partial charge in [0.05, 0.1) is 5.69 Å². The Balaban J connectivity index is 2.10. The summed E-state index contributed by atoms with van der Waals surface area (Å²) < 4.78 is 0. The molecule has 20 heavy (non-hydrogen) atoms. The average molecular weight is 272 g/mol. The fraction of sp³-hybridized carbons (Fsp3) is 0.286. The van der Waals surface area contributed by atoms with Crippen molar-refractivity contribution in [2.45, 2.75) is 12.1 Å². The van der Waals surface area contributed by atoms with E-state index in [1.54, 1.807) is 18.2 Å². The highest BCUT2D eigenvalue weighted by molar-refractivity contribution is 5.51. The highest BCUT2D eigenvalue weighted by atomic mass is 16.6. The molecule has 1 aromatic carbocycles. The summed E-state index contributed by atoms with van der Waals surface area (Å²) in [4.78, 5) is 12.5. The molecule has 0 saturated heterocycles. The minimum Gasteiger partial charge on any atom is -0.378 e. The van der Waals surface area contributed by atoms with E-state index in [2.05, 4.69) is 10.2 Å². The number of nitrogens with zero attached hydrogens (tertiary/aromatic N) is 4. The summed E-state index contributed by atoms with van der Waals surface area (Å²) in [7, 11) is 3.91. The number of allylic oxidation sites excluding steroid dienone is 2. The molecule has 0 radical (unpaired) electrons. The normalized spacial score (nSPS) is 21.3. The second-order valence-electron chi connectivity index (χ2n) is 4.66. The first-order valence-electron chi connectivity index (χ1n) is 6.24. The first-order valence-corrected chi connectivity index (χ1v) is 6.24. The lowest BCUT2D eigenvalue weighted by Crippen LogP contribution is -2.30. The van der Waals surface area contributed by atoms with E-state index in [4.69, 9.17) is 0 Å². The van der Waals surface area contributed by atoms with Crippen LogP contribution in [0.5, 0.6) is 0 Å². The molecule has 6 heteroatoms. The Morgan fingerprint density at radius 3 is 2.40 bits per heavy atom. The van der Waals surface area contributed by atoms with Crippen LogP contribution < -0.4 is 4.90 Å². The van der Waals surface area contributed by atoms with Gasteiger partial charge in [0.1, 0.15) is 0 Å². The van der Waals surface area contributed by atoms with E-state index in [1.807, 2.05) is 43.3 Å². The summed E-state index contributed by atoms with van der Waals surface area (Å²) >= 11 is 0. The van der Waals surface area contributed by atoms with Crippen LogP contribution in [0.25, 0.3) is 0 Å². The maximum Gasteiger partial charge on any atom is 0.258 e. The van der Waals surface area contributed by atoms with Crippen LogP contribution in [0.15, 0.2) is 58.8 Å². The average Bonchev–Trinajstić information content (AvgIpc) is 2.45. The number of rotatable bonds is 4. The lowest BCUT2D eigenvalue weighted by atomic mass is 10.1. The van der Waals surface area contributed by atoms with Crippen LogP contribution in [0.3, 0.4) is 0 Å². The summed E-state index contributed by atoms with van der Waals surface area (Å²) in [5.74, 6) is 0. The van der Waals surface area contributed by atoms with Crippen LogP contribution in [0.1, 0.15) is 0 Å². The molecular formula is C14H16N4O2. The van der Waals surface area contributed by atoms with Crippen molar-refractivity contribution in [3.63, 3.8) is 0 Å². The van der Waals surface area contributed by atoms with E-state index < -0.39 is 12.1 Å². The SMILES string of the molecule is CN(C)c1ccc(N=N[C@@H]2C=CC=C[C@@H]2[N+](=O)[O-])cc1. The van der Waals surface area contributed by atoms with Crippen molar-refractivity contribution in [3.05, 3.63) is 58.7 Å². The van der Waals surface area contributed by atoms with Gasteiger partial charge in [-0.05, 0) is 30.3 Å². The molecule has 1 aromatic rings. The largest absolute Gasteiger partial charge is 0.378 e. The summed E-state index contributed by atoms with van der Waals surface area (Å²) in [5.41, 5.74) is 1.74. The topological polar surface area (TPSA) is 71.1 Å². The minimum absolute atomic E-state index is 0.348. The molecule has 0 N–H and O–H groups in total. The molecule has 0 heterocycles. The summed E-state index contributed by atoms with van der Waals surface area (Å²) in [6.07, 6.45) is 6.62. The van der Waals surface area contributed by atoms with Crippen LogP contribution in [0.4, 0.5) is 11.4 Å². The van der Waals surface area contributed by atoms with Crippen LogP contribution in [-0.4, -0.2) is 31.1 Å². The monoisotopic (exact) mass is 272 g/mol. The van der Waals surface area contributed by atoms with E-state index in [0.29, 0.717) is 5.69 Å². The molecule has 0 saturated carbocycles. The Hall–Kier alpha value is -2.50. The highest BCUT2D eigenvalue weighted by Gasteiger charge is 2.28. The van der Waals surface area contributed by atoms with E-state index in [0.717, 1.165) is 5.69 Å². The van der Waals surface area contributed by atoms with Crippen molar-refractivity contribution in [3.8, 4) is 0 Å². The predicted molar refractivity (Wildman–Crippen MR) is 78.1 cm³/mol. The van der Waals surface area contributed by atoms with Gasteiger partial charge in [-0.3, -0.25) is 10.1 Å². The smallest absolute Gasteiger partial charge is 0.258 e. The molecule has 1 aliphatic rings. The lowest BCUT2D eigenvalue weighted by Gasteiger charge is -2.13. The third kappa shape index (κ3) is 3.28. The number of hydrogen-bond acceptors (Lipinski definition) is 5. The van der Waals surface area contributed by atoms with Gasteiger partial charge in [-0.25, -0.2) is 0 Å². The van der Waals surface area contributed by atoms with Crippen LogP contribution in [-0.2, 0) is 0 Å². The lowest BCUT2D eigenvalue weighted by molar-refractivity contribution is -0.510. The number of hydrogen-bond donors (Lipinski definition) is 0. The fourth-order valence-corrected chi connectivity index (χ4v) is 1.84. The van der Waals surface area contributed by atoms with Gasteiger partial charge in [0.2, 0.25) is 0 Å². The molecular weight excluding hydrogens is 256 g/mol. The zero-order chi connectivity index (χ0) is 14.5. The molecule has 104 valence electrons. The molecule has 0 amide bonds. The van der Waals surface area contributed by atoms with E-state index >= 15 is 0 Å². The second kappa shape index (κ2) is 6.10. The Morgan fingerprint density at radius 1 is 1.15 bits per heavy atom. The first kappa shape index (κ1) is 13.9. The molecule has 2 atom stereocenters. The summed E-state index contributed by atoms with van der Waals surface area (Å²) in [6.45, 7) is 0. The Morgan fingerprint density at radius 2 is 1.80 bits per heavy atom. The summed E-state index contributed by atoms with van der Waals surface area (Å²) in [6, 6.07) is 6.13. The third-order valence-corrected chi connectivity index (χ3v) is 2.99. The molecule has 0 spiro atoms. The zero-order valence-electron chi connectivity index (χ0n) is 11.4. The molecule has 0 fully saturated rings. The minimum atomic E-state index is -0.843. The predicted octanol–water partition coefficient (Wildman–Crippen LogP) is 2.98. The number of azo groups is 1. The molecule has 6 nitrogen and oxygen atoms in total. The standard InChI is InChI=1S/C14H16N4O2/c1-17(2)12-9-7-11(8-10-12)15-16-13-5-3-4-6-14(13)18(19)20/h3-10,13-14H,1-2H3/t13-,14+/m1/s1. The number of anilines is 1. The molecule has 1 aliphatic carbocycles. The van der Waals surface area contributed by atoms with Gasteiger partial charge < -0.3 is 4.90 Å². The molecule has 2 rings (SSSR count). The zero-order valence-corrected chi connectivity index (χ0v) is 11.4. The molecule has 0 aromatic heterocycles. The van der Waals surface area contributed by atoms with Crippen molar-refractivity contribution in [1.82, 2.24) is 0 Å². The van der Waals surface area contributed by atoms with Gasteiger partial charge >= 0.3 is 0 Å². The van der Waals surface area contributed by atoms with Crippen molar-refractivity contribution in [2.24, 2.45) is 10.2 Å². The van der Waals surface area contributed by atoms with Gasteiger partial charge in [0.25, 0.3) is 6.04 Å². The van der Waals surface area contributed by atoms with E-state index in [1.165, 1.54) is 6.08 Å². The highest BCUT2D eigenvalue weighted by Crippen LogP contribution is 2.20. The van der Waals surface area contributed by atoms with Gasteiger partial charge in [-0.1, -0.05) is 18.2 Å². The Labute approximate surface area is 117 Å². The first-order chi connectivity index (χ1) is 9.58. The van der Waals surface area contributed by atoms with Crippen molar-refractivity contribution < 1.29 is 4.92 Å². The maximum atomic E-state index is 10.9. The maximum absolute atomic E-state index is 10.9. The van der Waals surface area contributed by atoms with Gasteiger partial charge in [0.15, 0.2) is 6.04 Å². The molecule has 0 aliphatic heterocycles. The van der Waals surface area contributed by atoms with Crippen LogP contribution in [0, 0.1) is 10.1 Å². The van der Waals surface area contributed by atoms with Crippen LogP contribution in [0.2, 0.25) is 0 Å². The molecule has 0 bridgehead atoms. The van der Waals surface area contributed by atoms with E-state index in [-0.39, 0.29) is 4.92 Å². The number of benzene rings is 1. The quantitative estimate of drug-likeness (QED) is 0.480. The summed E-state index contributed by atoms with van der Waals surface area (Å²) in [5, 5.41) is 19.1. The number of nitro groups is 1. The van der Waals surface area contributed by atoms with Crippen LogP contribution >= 0.6 is 0 Å². The van der Waals surface area contributed by atoms with E-state index in [9.17, 15) is 10.1 Å². The van der Waals surface area contributed by atoms with Gasteiger partial charge in [-0.2, -0.15) is 10.2 Å².